The lowest BCUT2D eigenvalue weighted by atomic mass is 9.97. The summed E-state index contributed by atoms with van der Waals surface area (Å²) in [5.74, 6) is -1.02. The van der Waals surface area contributed by atoms with Gasteiger partial charge in [-0.25, -0.2) is 12.8 Å². The largest absolute Gasteiger partial charge is 0.356 e. The molecule has 164 valence electrons. The maximum atomic E-state index is 13.9. The number of amides is 1. The van der Waals surface area contributed by atoms with E-state index in [9.17, 15) is 17.6 Å². The predicted molar refractivity (Wildman–Crippen MR) is 117 cm³/mol. The van der Waals surface area contributed by atoms with Gasteiger partial charge in [-0.3, -0.25) is 4.79 Å². The van der Waals surface area contributed by atoms with Gasteiger partial charge in [-0.1, -0.05) is 30.3 Å². The SMILES string of the molecule is O=C(NCCCn1ccc2ccccc21)C1CCN(S(=O)(=O)c2ccccc2F)CC1. The van der Waals surface area contributed by atoms with Gasteiger partial charge in [0.25, 0.3) is 0 Å². The summed E-state index contributed by atoms with van der Waals surface area (Å²) in [7, 11) is -3.88. The number of rotatable bonds is 7. The van der Waals surface area contributed by atoms with Crippen molar-refractivity contribution >= 4 is 26.8 Å². The minimum atomic E-state index is -3.88. The smallest absolute Gasteiger partial charge is 0.245 e. The van der Waals surface area contributed by atoms with Crippen molar-refractivity contribution in [2.24, 2.45) is 5.92 Å². The number of fused-ring (bicyclic) bond motifs is 1. The lowest BCUT2D eigenvalue weighted by molar-refractivity contribution is -0.126. The predicted octanol–water partition coefficient (Wildman–Crippen LogP) is 3.39. The summed E-state index contributed by atoms with van der Waals surface area (Å²) in [5, 5.41) is 4.17. The Balaban J connectivity index is 1.24. The normalized spacial score (nSPS) is 15.9. The molecular weight excluding hydrogens is 417 g/mol. The Kier molecular flexibility index (Phi) is 6.38. The van der Waals surface area contributed by atoms with E-state index in [4.69, 9.17) is 0 Å². The van der Waals surface area contributed by atoms with E-state index in [1.165, 1.54) is 33.4 Å². The Morgan fingerprint density at radius 2 is 1.74 bits per heavy atom. The molecule has 0 radical (unpaired) electrons. The number of nitrogens with zero attached hydrogens (tertiary/aromatic N) is 2. The van der Waals surface area contributed by atoms with E-state index in [0.29, 0.717) is 19.4 Å². The zero-order valence-corrected chi connectivity index (χ0v) is 18.0. The van der Waals surface area contributed by atoms with Crippen LogP contribution in [0.4, 0.5) is 4.39 Å². The molecule has 1 N–H and O–H groups in total. The Morgan fingerprint density at radius 3 is 2.52 bits per heavy atom. The van der Waals surface area contributed by atoms with Crippen LogP contribution in [0.15, 0.2) is 65.7 Å². The fourth-order valence-corrected chi connectivity index (χ4v) is 5.63. The molecule has 1 aliphatic rings. The molecule has 0 spiro atoms. The topological polar surface area (TPSA) is 71.4 Å². The minimum Gasteiger partial charge on any atom is -0.356 e. The van der Waals surface area contributed by atoms with Crippen molar-refractivity contribution in [3.05, 3.63) is 66.6 Å². The summed E-state index contributed by atoms with van der Waals surface area (Å²) < 4.78 is 42.7. The standard InChI is InChI=1S/C23H26FN3O3S/c24-20-7-2-4-9-22(20)31(29,30)27-16-11-19(12-17-27)23(28)25-13-5-14-26-15-10-18-6-1-3-8-21(18)26/h1-4,6-10,15,19H,5,11-14,16-17H2,(H,25,28). The lowest BCUT2D eigenvalue weighted by Crippen LogP contribution is -2.43. The molecule has 0 bridgehead atoms. The molecule has 0 unspecified atom stereocenters. The molecule has 1 fully saturated rings. The molecule has 0 aliphatic carbocycles. The molecule has 1 saturated heterocycles. The van der Waals surface area contributed by atoms with Gasteiger partial charge in [-0.2, -0.15) is 4.31 Å². The lowest BCUT2D eigenvalue weighted by Gasteiger charge is -2.30. The molecule has 3 aromatic rings. The first-order valence-corrected chi connectivity index (χ1v) is 12.0. The number of nitrogens with one attached hydrogen (secondary N) is 1. The van der Waals surface area contributed by atoms with Crippen molar-refractivity contribution in [3.8, 4) is 0 Å². The number of hydrogen-bond acceptors (Lipinski definition) is 3. The fourth-order valence-electron chi connectivity index (χ4n) is 4.09. The van der Waals surface area contributed by atoms with Gasteiger partial charge in [0, 0.05) is 43.8 Å². The van der Waals surface area contributed by atoms with Crippen LogP contribution in [0.2, 0.25) is 0 Å². The molecule has 2 aromatic carbocycles. The Hall–Kier alpha value is -2.71. The second kappa shape index (κ2) is 9.20. The average Bonchev–Trinajstić information content (AvgIpc) is 3.20. The zero-order valence-electron chi connectivity index (χ0n) is 17.2. The first-order chi connectivity index (χ1) is 15.0. The number of aromatic nitrogens is 1. The number of para-hydroxylation sites is 1. The monoisotopic (exact) mass is 443 g/mol. The van der Waals surface area contributed by atoms with Crippen LogP contribution in [0, 0.1) is 11.7 Å². The molecule has 31 heavy (non-hydrogen) atoms. The average molecular weight is 444 g/mol. The van der Waals surface area contributed by atoms with Crippen molar-refractivity contribution in [1.82, 2.24) is 14.2 Å². The summed E-state index contributed by atoms with van der Waals surface area (Å²) in [6, 6.07) is 15.6. The van der Waals surface area contributed by atoms with Crippen LogP contribution in [-0.2, 0) is 21.4 Å². The van der Waals surface area contributed by atoms with Crippen molar-refractivity contribution in [1.29, 1.82) is 0 Å². The summed E-state index contributed by atoms with van der Waals surface area (Å²) in [4.78, 5) is 12.2. The summed E-state index contributed by atoms with van der Waals surface area (Å²) in [5.41, 5.74) is 1.18. The van der Waals surface area contributed by atoms with Crippen LogP contribution in [0.25, 0.3) is 10.9 Å². The highest BCUT2D eigenvalue weighted by Crippen LogP contribution is 2.25. The third-order valence-electron chi connectivity index (χ3n) is 5.83. The van der Waals surface area contributed by atoms with Crippen LogP contribution in [-0.4, -0.2) is 42.8 Å². The Bertz CT molecular complexity index is 1170. The summed E-state index contributed by atoms with van der Waals surface area (Å²) >= 11 is 0. The minimum absolute atomic E-state index is 0.0414. The number of benzene rings is 2. The van der Waals surface area contributed by atoms with Gasteiger partial charge in [0.1, 0.15) is 10.7 Å². The van der Waals surface area contributed by atoms with E-state index in [0.717, 1.165) is 19.0 Å². The number of aryl methyl sites for hydroxylation is 1. The molecule has 1 aliphatic heterocycles. The molecule has 6 nitrogen and oxygen atoms in total. The van der Waals surface area contributed by atoms with Crippen molar-refractivity contribution in [3.63, 3.8) is 0 Å². The van der Waals surface area contributed by atoms with Crippen LogP contribution in [0.3, 0.4) is 0 Å². The summed E-state index contributed by atoms with van der Waals surface area (Å²) in [6.07, 6.45) is 3.73. The van der Waals surface area contributed by atoms with Gasteiger partial charge >= 0.3 is 0 Å². The third-order valence-corrected chi connectivity index (χ3v) is 7.77. The number of carbonyl (C=O) groups excluding carboxylic acids is 1. The molecule has 0 atom stereocenters. The van der Waals surface area contributed by atoms with Gasteiger partial charge in [0.15, 0.2) is 0 Å². The molecule has 1 amide bonds. The van der Waals surface area contributed by atoms with E-state index in [-0.39, 0.29) is 29.8 Å². The van der Waals surface area contributed by atoms with E-state index in [2.05, 4.69) is 34.3 Å². The first-order valence-electron chi connectivity index (χ1n) is 10.5. The third kappa shape index (κ3) is 4.65. The molecule has 1 aromatic heterocycles. The molecule has 4 rings (SSSR count). The molecule has 8 heteroatoms. The van der Waals surface area contributed by atoms with Gasteiger partial charge < -0.3 is 9.88 Å². The van der Waals surface area contributed by atoms with Crippen molar-refractivity contribution in [2.45, 2.75) is 30.7 Å². The molecular formula is C23H26FN3O3S. The highest BCUT2D eigenvalue weighted by molar-refractivity contribution is 7.89. The summed E-state index contributed by atoms with van der Waals surface area (Å²) in [6.45, 7) is 1.81. The van der Waals surface area contributed by atoms with E-state index < -0.39 is 15.8 Å². The number of sulfonamides is 1. The molecule has 2 heterocycles. The second-order valence-corrected chi connectivity index (χ2v) is 9.73. The quantitative estimate of drug-likeness (QED) is 0.569. The van der Waals surface area contributed by atoms with Gasteiger partial charge in [-0.15, -0.1) is 0 Å². The van der Waals surface area contributed by atoms with E-state index >= 15 is 0 Å². The van der Waals surface area contributed by atoms with Crippen LogP contribution in [0.5, 0.6) is 0 Å². The number of hydrogen-bond donors (Lipinski definition) is 1. The van der Waals surface area contributed by atoms with Crippen molar-refractivity contribution in [2.75, 3.05) is 19.6 Å². The number of halogens is 1. The fraction of sp³-hybridized carbons (Fsp3) is 0.348. The Morgan fingerprint density at radius 1 is 1.03 bits per heavy atom. The van der Waals surface area contributed by atoms with Gasteiger partial charge in [-0.05, 0) is 48.9 Å². The zero-order chi connectivity index (χ0) is 21.8. The van der Waals surface area contributed by atoms with Gasteiger partial charge in [0.05, 0.1) is 0 Å². The van der Waals surface area contributed by atoms with Gasteiger partial charge in [0.2, 0.25) is 15.9 Å². The molecule has 0 saturated carbocycles. The Labute approximate surface area is 181 Å². The van der Waals surface area contributed by atoms with E-state index in [1.54, 1.807) is 0 Å². The highest BCUT2D eigenvalue weighted by atomic mass is 32.2. The van der Waals surface area contributed by atoms with Crippen LogP contribution < -0.4 is 5.32 Å². The van der Waals surface area contributed by atoms with E-state index in [1.807, 2.05) is 12.1 Å². The maximum absolute atomic E-state index is 13.9. The van der Waals surface area contributed by atoms with Crippen molar-refractivity contribution < 1.29 is 17.6 Å². The second-order valence-electron chi connectivity index (χ2n) is 7.82. The number of carbonyl (C=O) groups is 1. The number of piperidine rings is 1. The van der Waals surface area contributed by atoms with Crippen LogP contribution >= 0.6 is 0 Å². The maximum Gasteiger partial charge on any atom is 0.245 e. The highest BCUT2D eigenvalue weighted by Gasteiger charge is 2.33. The first kappa shape index (κ1) is 21.5. The van der Waals surface area contributed by atoms with Crippen LogP contribution in [0.1, 0.15) is 19.3 Å².